The van der Waals surface area contributed by atoms with Crippen molar-refractivity contribution in [2.45, 2.75) is 12.8 Å². The van der Waals surface area contributed by atoms with E-state index in [1.807, 2.05) is 0 Å². The van der Waals surface area contributed by atoms with Gasteiger partial charge in [-0.05, 0) is 25.0 Å². The van der Waals surface area contributed by atoms with E-state index < -0.39 is 0 Å². The Bertz CT molecular complexity index is 349. The lowest BCUT2D eigenvalue weighted by Gasteiger charge is -2.03. The van der Waals surface area contributed by atoms with Crippen LogP contribution in [0.4, 0.5) is 4.39 Å². The van der Waals surface area contributed by atoms with Gasteiger partial charge in [-0.25, -0.2) is 4.39 Å². The fourth-order valence-corrected chi connectivity index (χ4v) is 1.59. The summed E-state index contributed by atoms with van der Waals surface area (Å²) < 4.78 is 13.2. The van der Waals surface area contributed by atoms with E-state index in [2.05, 4.69) is 5.32 Å². The van der Waals surface area contributed by atoms with Gasteiger partial charge in [0.15, 0.2) is 0 Å². The molecule has 13 heavy (non-hydrogen) atoms. The second kappa shape index (κ2) is 3.17. The highest BCUT2D eigenvalue weighted by molar-refractivity contribution is 5.96. The summed E-state index contributed by atoms with van der Waals surface area (Å²) in [7, 11) is 0. The molecule has 68 valence electrons. The highest BCUT2D eigenvalue weighted by Gasteiger charge is 2.17. The average Bonchev–Trinajstić information content (AvgIpc) is 2.30. The van der Waals surface area contributed by atoms with Crippen molar-refractivity contribution in [1.82, 2.24) is 5.32 Å². The molecule has 0 spiro atoms. The molecule has 0 unspecified atom stereocenters. The van der Waals surface area contributed by atoms with E-state index in [-0.39, 0.29) is 11.7 Å². The number of carbonyl (C=O) groups is 1. The lowest BCUT2D eigenvalue weighted by molar-refractivity contribution is 0.0955. The monoisotopic (exact) mass is 179 g/mol. The number of benzene rings is 1. The third-order valence-electron chi connectivity index (χ3n) is 2.25. The molecule has 1 aromatic rings. The molecule has 1 amide bonds. The zero-order valence-corrected chi connectivity index (χ0v) is 7.14. The third-order valence-corrected chi connectivity index (χ3v) is 2.25. The molecular formula is C10H10FNO. The Labute approximate surface area is 75.8 Å². The fraction of sp³-hybridized carbons (Fsp3) is 0.300. The molecule has 3 heteroatoms. The topological polar surface area (TPSA) is 29.1 Å². The van der Waals surface area contributed by atoms with Gasteiger partial charge in [-0.3, -0.25) is 4.79 Å². The smallest absolute Gasteiger partial charge is 0.251 e. The maximum absolute atomic E-state index is 13.2. The van der Waals surface area contributed by atoms with Gasteiger partial charge in [-0.1, -0.05) is 6.07 Å². The van der Waals surface area contributed by atoms with Crippen molar-refractivity contribution in [2.75, 3.05) is 6.54 Å². The van der Waals surface area contributed by atoms with E-state index in [9.17, 15) is 9.18 Å². The highest BCUT2D eigenvalue weighted by Crippen LogP contribution is 2.17. The SMILES string of the molecule is O=C1NCCCc2c(F)cccc21. The Morgan fingerprint density at radius 2 is 2.23 bits per heavy atom. The van der Waals surface area contributed by atoms with Crippen LogP contribution in [0.25, 0.3) is 0 Å². The number of amides is 1. The van der Waals surface area contributed by atoms with Gasteiger partial charge < -0.3 is 5.32 Å². The Kier molecular flexibility index (Phi) is 2.00. The number of hydrogen-bond donors (Lipinski definition) is 1. The van der Waals surface area contributed by atoms with Crippen LogP contribution >= 0.6 is 0 Å². The summed E-state index contributed by atoms with van der Waals surface area (Å²) in [6.45, 7) is 0.632. The van der Waals surface area contributed by atoms with Crippen molar-refractivity contribution in [3.05, 3.63) is 35.1 Å². The number of nitrogens with one attached hydrogen (secondary N) is 1. The molecule has 0 saturated heterocycles. The second-order valence-corrected chi connectivity index (χ2v) is 3.13. The quantitative estimate of drug-likeness (QED) is 0.642. The Morgan fingerprint density at radius 3 is 3.08 bits per heavy atom. The molecule has 0 aliphatic carbocycles. The molecule has 0 fully saturated rings. The third kappa shape index (κ3) is 1.41. The van der Waals surface area contributed by atoms with Crippen LogP contribution in [0.2, 0.25) is 0 Å². The fourth-order valence-electron chi connectivity index (χ4n) is 1.59. The highest BCUT2D eigenvalue weighted by atomic mass is 19.1. The second-order valence-electron chi connectivity index (χ2n) is 3.13. The molecule has 0 radical (unpaired) electrons. The van der Waals surface area contributed by atoms with Crippen LogP contribution in [0.3, 0.4) is 0 Å². The molecule has 1 aliphatic heterocycles. The van der Waals surface area contributed by atoms with Gasteiger partial charge in [0.25, 0.3) is 5.91 Å². The van der Waals surface area contributed by atoms with E-state index in [0.717, 1.165) is 6.42 Å². The summed E-state index contributed by atoms with van der Waals surface area (Å²) in [6, 6.07) is 4.63. The molecule has 1 heterocycles. The summed E-state index contributed by atoms with van der Waals surface area (Å²) >= 11 is 0. The Balaban J connectivity index is 2.54. The maximum Gasteiger partial charge on any atom is 0.251 e. The molecule has 2 rings (SSSR count). The molecule has 2 nitrogen and oxygen atoms in total. The van der Waals surface area contributed by atoms with E-state index in [4.69, 9.17) is 0 Å². The van der Waals surface area contributed by atoms with E-state index in [1.54, 1.807) is 12.1 Å². The van der Waals surface area contributed by atoms with Crippen molar-refractivity contribution >= 4 is 5.91 Å². The summed E-state index contributed by atoms with van der Waals surface area (Å²) in [4.78, 5) is 11.4. The van der Waals surface area contributed by atoms with Crippen LogP contribution in [0.15, 0.2) is 18.2 Å². The molecule has 0 bridgehead atoms. The minimum atomic E-state index is -0.269. The summed E-state index contributed by atoms with van der Waals surface area (Å²) in [5, 5.41) is 2.72. The van der Waals surface area contributed by atoms with Crippen LogP contribution in [-0.2, 0) is 6.42 Å². The molecule has 0 atom stereocenters. The van der Waals surface area contributed by atoms with Gasteiger partial charge in [-0.15, -0.1) is 0 Å². The van der Waals surface area contributed by atoms with Crippen molar-refractivity contribution in [2.24, 2.45) is 0 Å². The van der Waals surface area contributed by atoms with Crippen LogP contribution in [0.5, 0.6) is 0 Å². The van der Waals surface area contributed by atoms with Gasteiger partial charge in [0.1, 0.15) is 5.82 Å². The zero-order valence-electron chi connectivity index (χ0n) is 7.14. The first-order chi connectivity index (χ1) is 6.29. The Morgan fingerprint density at radius 1 is 1.38 bits per heavy atom. The summed E-state index contributed by atoms with van der Waals surface area (Å²) in [5.74, 6) is -0.429. The minimum Gasteiger partial charge on any atom is -0.352 e. The Hall–Kier alpha value is -1.38. The molecule has 1 N–H and O–H groups in total. The van der Waals surface area contributed by atoms with Crippen LogP contribution in [0, 0.1) is 5.82 Å². The van der Waals surface area contributed by atoms with Crippen LogP contribution in [-0.4, -0.2) is 12.5 Å². The minimum absolute atomic E-state index is 0.160. The van der Waals surface area contributed by atoms with Gasteiger partial charge in [0.05, 0.1) is 0 Å². The number of halogens is 1. The molecule has 0 saturated carbocycles. The van der Waals surface area contributed by atoms with Crippen LogP contribution < -0.4 is 5.32 Å². The molecular weight excluding hydrogens is 169 g/mol. The summed E-state index contributed by atoms with van der Waals surface area (Å²) in [5.41, 5.74) is 1.04. The first-order valence-electron chi connectivity index (χ1n) is 4.34. The van der Waals surface area contributed by atoms with Crippen molar-refractivity contribution in [1.29, 1.82) is 0 Å². The standard InChI is InChI=1S/C10H10FNO/c11-9-5-1-3-8-7(9)4-2-6-12-10(8)13/h1,3,5H,2,4,6H2,(H,12,13). The number of rotatable bonds is 0. The van der Waals surface area contributed by atoms with Gasteiger partial charge in [-0.2, -0.15) is 0 Å². The average molecular weight is 179 g/mol. The first-order valence-corrected chi connectivity index (χ1v) is 4.34. The number of hydrogen-bond acceptors (Lipinski definition) is 1. The maximum atomic E-state index is 13.2. The summed E-state index contributed by atoms with van der Waals surface area (Å²) in [6.07, 6.45) is 1.44. The lowest BCUT2D eigenvalue weighted by atomic mass is 10.0. The predicted molar refractivity (Wildman–Crippen MR) is 47.1 cm³/mol. The largest absolute Gasteiger partial charge is 0.352 e. The number of fused-ring (bicyclic) bond motifs is 1. The molecule has 1 aliphatic rings. The van der Waals surface area contributed by atoms with E-state index in [1.165, 1.54) is 6.07 Å². The molecule has 1 aromatic carbocycles. The van der Waals surface area contributed by atoms with Gasteiger partial charge in [0.2, 0.25) is 0 Å². The zero-order chi connectivity index (χ0) is 9.26. The van der Waals surface area contributed by atoms with E-state index >= 15 is 0 Å². The van der Waals surface area contributed by atoms with E-state index in [0.29, 0.717) is 24.1 Å². The normalized spacial score (nSPS) is 15.9. The lowest BCUT2D eigenvalue weighted by Crippen LogP contribution is -2.22. The van der Waals surface area contributed by atoms with Crippen molar-refractivity contribution in [3.8, 4) is 0 Å². The predicted octanol–water partition coefficient (Wildman–Crippen LogP) is 1.50. The van der Waals surface area contributed by atoms with Crippen LogP contribution in [0.1, 0.15) is 22.3 Å². The van der Waals surface area contributed by atoms with Crippen molar-refractivity contribution < 1.29 is 9.18 Å². The first kappa shape index (κ1) is 8.23. The van der Waals surface area contributed by atoms with Crippen molar-refractivity contribution in [3.63, 3.8) is 0 Å². The number of carbonyl (C=O) groups excluding carboxylic acids is 1. The van der Waals surface area contributed by atoms with Gasteiger partial charge in [0, 0.05) is 17.7 Å². The van der Waals surface area contributed by atoms with Gasteiger partial charge >= 0.3 is 0 Å². The molecule has 0 aromatic heterocycles.